The molecule has 0 unspecified atom stereocenters. The van der Waals surface area contributed by atoms with Gasteiger partial charge in [-0.25, -0.2) is 4.98 Å². The zero-order valence-electron chi connectivity index (χ0n) is 19.0. The number of nitrogens with zero attached hydrogens (tertiary/aromatic N) is 4. The van der Waals surface area contributed by atoms with Crippen LogP contribution in [0.15, 0.2) is 42.5 Å². The molecule has 3 aromatic rings. The highest BCUT2D eigenvalue weighted by Crippen LogP contribution is 2.27. The molecule has 8 heteroatoms. The Morgan fingerprint density at radius 2 is 1.91 bits per heavy atom. The Morgan fingerprint density at radius 1 is 1.16 bits per heavy atom. The maximum absolute atomic E-state index is 12.8. The molecule has 2 aromatic carbocycles. The summed E-state index contributed by atoms with van der Waals surface area (Å²) in [6.45, 7) is 5.64. The molecule has 1 aliphatic heterocycles. The normalized spacial score (nSPS) is 16.9. The second-order valence-electron chi connectivity index (χ2n) is 8.21. The van der Waals surface area contributed by atoms with Crippen molar-refractivity contribution in [1.82, 2.24) is 19.4 Å². The van der Waals surface area contributed by atoms with E-state index < -0.39 is 0 Å². The van der Waals surface area contributed by atoms with Crippen molar-refractivity contribution in [2.75, 3.05) is 38.6 Å². The quantitative estimate of drug-likeness (QED) is 0.667. The van der Waals surface area contributed by atoms with Gasteiger partial charge in [-0.05, 0) is 42.8 Å². The first-order chi connectivity index (χ1) is 15.4. The largest absolute Gasteiger partial charge is 0.497 e. The molecular weight excluding hydrogens is 406 g/mol. The van der Waals surface area contributed by atoms with Crippen molar-refractivity contribution in [3.8, 4) is 5.75 Å². The number of amides is 2. The number of rotatable bonds is 5. The van der Waals surface area contributed by atoms with Gasteiger partial charge >= 0.3 is 0 Å². The predicted molar refractivity (Wildman–Crippen MR) is 124 cm³/mol. The molecule has 4 rings (SSSR count). The van der Waals surface area contributed by atoms with Crippen molar-refractivity contribution in [3.05, 3.63) is 53.9 Å². The minimum absolute atomic E-state index is 0.0360. The number of aryl methyl sites for hydroxylation is 2. The molecule has 1 saturated heterocycles. The van der Waals surface area contributed by atoms with Gasteiger partial charge < -0.3 is 19.5 Å². The maximum Gasteiger partial charge on any atom is 0.238 e. The molecule has 1 aliphatic rings. The van der Waals surface area contributed by atoms with Crippen molar-refractivity contribution in [2.24, 2.45) is 7.05 Å². The van der Waals surface area contributed by atoms with Crippen LogP contribution in [0.2, 0.25) is 0 Å². The van der Waals surface area contributed by atoms with Gasteiger partial charge in [-0.1, -0.05) is 12.1 Å². The van der Waals surface area contributed by atoms with Crippen molar-refractivity contribution in [3.63, 3.8) is 0 Å². The van der Waals surface area contributed by atoms with Gasteiger partial charge in [0.05, 0.1) is 30.7 Å². The fourth-order valence-corrected chi connectivity index (χ4v) is 4.27. The first-order valence-corrected chi connectivity index (χ1v) is 10.7. The molecule has 1 aromatic heterocycles. The van der Waals surface area contributed by atoms with E-state index in [1.165, 1.54) is 0 Å². The topological polar surface area (TPSA) is 79.7 Å². The molecule has 32 heavy (non-hydrogen) atoms. The highest BCUT2D eigenvalue weighted by atomic mass is 16.5. The van der Waals surface area contributed by atoms with Crippen molar-refractivity contribution < 1.29 is 14.3 Å². The minimum atomic E-state index is -0.104. The van der Waals surface area contributed by atoms with Crippen molar-refractivity contribution in [1.29, 1.82) is 0 Å². The number of fused-ring (bicyclic) bond motifs is 1. The van der Waals surface area contributed by atoms with Crippen LogP contribution in [0.1, 0.15) is 24.4 Å². The molecule has 168 valence electrons. The summed E-state index contributed by atoms with van der Waals surface area (Å²) in [4.78, 5) is 33.5. The molecule has 8 nitrogen and oxygen atoms in total. The maximum atomic E-state index is 12.8. The Balaban J connectivity index is 1.44. The van der Waals surface area contributed by atoms with E-state index in [1.54, 1.807) is 14.0 Å². The number of piperazine rings is 1. The highest BCUT2D eigenvalue weighted by molar-refractivity contribution is 5.94. The lowest BCUT2D eigenvalue weighted by molar-refractivity contribution is -0.134. The smallest absolute Gasteiger partial charge is 0.238 e. The van der Waals surface area contributed by atoms with E-state index in [4.69, 9.17) is 4.74 Å². The van der Waals surface area contributed by atoms with Gasteiger partial charge in [-0.15, -0.1) is 0 Å². The Morgan fingerprint density at radius 3 is 2.59 bits per heavy atom. The standard InChI is InChI=1S/C24H29N5O3/c1-16-25-21-13-19(7-10-22(21)27(16)3)26-24(31)15-28-11-12-29(17(2)30)23(14-28)18-5-8-20(32-4)9-6-18/h5-10,13,23H,11-12,14-15H2,1-4H3,(H,26,31)/t23-/m0/s1. The molecule has 2 amide bonds. The average molecular weight is 436 g/mol. The Bertz CT molecular complexity index is 1140. The number of hydrogen-bond acceptors (Lipinski definition) is 5. The van der Waals surface area contributed by atoms with E-state index in [9.17, 15) is 9.59 Å². The zero-order chi connectivity index (χ0) is 22.8. The van der Waals surface area contributed by atoms with Crippen LogP contribution in [-0.2, 0) is 16.6 Å². The monoisotopic (exact) mass is 435 g/mol. The molecule has 0 aliphatic carbocycles. The van der Waals surface area contributed by atoms with Gasteiger partial charge in [-0.3, -0.25) is 14.5 Å². The highest BCUT2D eigenvalue weighted by Gasteiger charge is 2.30. The minimum Gasteiger partial charge on any atom is -0.497 e. The summed E-state index contributed by atoms with van der Waals surface area (Å²) >= 11 is 0. The third-order valence-corrected chi connectivity index (χ3v) is 6.12. The number of aromatic nitrogens is 2. The predicted octanol–water partition coefficient (Wildman–Crippen LogP) is 2.73. The lowest BCUT2D eigenvalue weighted by Gasteiger charge is -2.41. The summed E-state index contributed by atoms with van der Waals surface area (Å²) in [7, 11) is 3.60. The Labute approximate surface area is 187 Å². The van der Waals surface area contributed by atoms with E-state index >= 15 is 0 Å². The van der Waals surface area contributed by atoms with Crippen LogP contribution in [-0.4, -0.2) is 64.5 Å². The number of hydrogen-bond donors (Lipinski definition) is 1. The molecule has 2 heterocycles. The first-order valence-electron chi connectivity index (χ1n) is 10.7. The summed E-state index contributed by atoms with van der Waals surface area (Å²) in [6, 6.07) is 13.4. The third kappa shape index (κ3) is 4.45. The number of imidazole rings is 1. The molecule has 0 spiro atoms. The van der Waals surface area contributed by atoms with Gasteiger partial charge in [0.2, 0.25) is 11.8 Å². The van der Waals surface area contributed by atoms with Crippen LogP contribution in [0.5, 0.6) is 5.75 Å². The van der Waals surface area contributed by atoms with Crippen LogP contribution in [0, 0.1) is 6.92 Å². The Kier molecular flexibility index (Phi) is 6.14. The molecule has 1 fully saturated rings. The lowest BCUT2D eigenvalue weighted by Crippen LogP contribution is -2.51. The Hall–Kier alpha value is -3.39. The van der Waals surface area contributed by atoms with Gasteiger partial charge in [0, 0.05) is 39.3 Å². The molecule has 1 atom stereocenters. The van der Waals surface area contributed by atoms with Crippen molar-refractivity contribution >= 4 is 28.5 Å². The van der Waals surface area contributed by atoms with Crippen LogP contribution >= 0.6 is 0 Å². The molecule has 0 radical (unpaired) electrons. The van der Waals surface area contributed by atoms with Crippen LogP contribution in [0.3, 0.4) is 0 Å². The van der Waals surface area contributed by atoms with E-state index in [0.717, 1.165) is 33.9 Å². The molecule has 0 saturated carbocycles. The number of carbonyl (C=O) groups excluding carboxylic acids is 2. The van der Waals surface area contributed by atoms with Gasteiger partial charge in [-0.2, -0.15) is 0 Å². The zero-order valence-corrected chi connectivity index (χ0v) is 19.0. The average Bonchev–Trinajstić information content (AvgIpc) is 3.06. The number of nitrogens with one attached hydrogen (secondary N) is 1. The summed E-state index contributed by atoms with van der Waals surface area (Å²) < 4.78 is 7.27. The van der Waals surface area contributed by atoms with Crippen LogP contribution in [0.4, 0.5) is 5.69 Å². The second-order valence-corrected chi connectivity index (χ2v) is 8.21. The lowest BCUT2D eigenvalue weighted by atomic mass is 10.0. The number of carbonyl (C=O) groups is 2. The first kappa shape index (κ1) is 21.8. The second kappa shape index (κ2) is 9.00. The molecule has 1 N–H and O–H groups in total. The van der Waals surface area contributed by atoms with E-state index in [0.29, 0.717) is 19.6 Å². The number of methoxy groups -OCH3 is 1. The summed E-state index contributed by atoms with van der Waals surface area (Å²) in [5.74, 6) is 1.65. The molecular formula is C24H29N5O3. The number of benzene rings is 2. The SMILES string of the molecule is COc1ccc([C@@H]2CN(CC(=O)Nc3ccc4c(c3)nc(C)n4C)CCN2C(C)=O)cc1. The number of anilines is 1. The fourth-order valence-electron chi connectivity index (χ4n) is 4.27. The molecule has 0 bridgehead atoms. The van der Waals surface area contributed by atoms with E-state index in [1.807, 2.05) is 65.9 Å². The summed E-state index contributed by atoms with van der Waals surface area (Å²) in [5, 5.41) is 2.99. The van der Waals surface area contributed by atoms with Crippen LogP contribution < -0.4 is 10.1 Å². The van der Waals surface area contributed by atoms with Gasteiger partial charge in [0.15, 0.2) is 0 Å². The summed E-state index contributed by atoms with van der Waals surface area (Å²) in [5.41, 5.74) is 3.65. The van der Waals surface area contributed by atoms with Crippen LogP contribution in [0.25, 0.3) is 11.0 Å². The van der Waals surface area contributed by atoms with E-state index in [2.05, 4.69) is 15.2 Å². The van der Waals surface area contributed by atoms with Gasteiger partial charge in [0.1, 0.15) is 11.6 Å². The van der Waals surface area contributed by atoms with Crippen molar-refractivity contribution in [2.45, 2.75) is 19.9 Å². The third-order valence-electron chi connectivity index (χ3n) is 6.12. The van der Waals surface area contributed by atoms with Gasteiger partial charge in [0.25, 0.3) is 0 Å². The number of ether oxygens (including phenoxy) is 1. The summed E-state index contributed by atoms with van der Waals surface area (Å²) in [6.07, 6.45) is 0. The fraction of sp³-hybridized carbons (Fsp3) is 0.375. The van der Waals surface area contributed by atoms with E-state index in [-0.39, 0.29) is 24.4 Å².